The first-order valence-electron chi connectivity index (χ1n) is 8.60. The first-order valence-corrected chi connectivity index (χ1v) is 12.2. The van der Waals surface area contributed by atoms with Crippen molar-refractivity contribution in [2.45, 2.75) is 23.1 Å². The monoisotopic (exact) mass is 537 g/mol. The fourth-order valence-corrected chi connectivity index (χ4v) is 4.79. The van der Waals surface area contributed by atoms with Crippen molar-refractivity contribution in [3.63, 3.8) is 0 Å². The van der Waals surface area contributed by atoms with E-state index in [-0.39, 0.29) is 27.8 Å². The second-order valence-corrected chi connectivity index (χ2v) is 10.3. The van der Waals surface area contributed by atoms with E-state index in [4.69, 9.17) is 42.6 Å². The summed E-state index contributed by atoms with van der Waals surface area (Å²) in [5.74, 6) is -1.46. The molecule has 0 bridgehead atoms. The van der Waals surface area contributed by atoms with Crippen LogP contribution in [0.25, 0.3) is 11.0 Å². The van der Waals surface area contributed by atoms with E-state index in [1.807, 2.05) is 0 Å². The van der Waals surface area contributed by atoms with Crippen molar-refractivity contribution in [3.8, 4) is 5.75 Å². The summed E-state index contributed by atoms with van der Waals surface area (Å²) in [5.41, 5.74) is 4.19. The van der Waals surface area contributed by atoms with E-state index in [0.717, 1.165) is 24.3 Å². The molecule has 0 aliphatic rings. The predicted molar refractivity (Wildman–Crippen MR) is 117 cm³/mol. The number of rotatable bonds is 5. The third kappa shape index (κ3) is 5.13. The first-order chi connectivity index (χ1) is 15.1. The Bertz CT molecular complexity index is 1570. The van der Waals surface area contributed by atoms with Crippen LogP contribution in [-0.4, -0.2) is 31.9 Å². The van der Waals surface area contributed by atoms with Crippen LogP contribution in [0.4, 0.5) is 5.69 Å². The van der Waals surface area contributed by atoms with Gasteiger partial charge in [0.05, 0.1) is 32.6 Å². The predicted octanol–water partition coefficient (Wildman–Crippen LogP) is 2.63. The van der Waals surface area contributed by atoms with Gasteiger partial charge in [0.15, 0.2) is 5.75 Å². The van der Waals surface area contributed by atoms with Gasteiger partial charge in [0.1, 0.15) is 10.5 Å². The van der Waals surface area contributed by atoms with Crippen molar-refractivity contribution in [3.05, 3.63) is 55.9 Å². The Kier molecular flexibility index (Phi) is 6.50. The third-order valence-electron chi connectivity index (χ3n) is 4.50. The standard InChI is InChI=1S/C18H13Cl2NO10S2/c1-7-9-4-15(33(27,28)29)13(21)6-14(9)30-18(23)10(7)5-16(22)31-17-11(19)2-8(3-12(17)20)32(24,25)26/h2-4,6H,5,21H2,1H3,(H,24,25,26)(H,27,28,29). The van der Waals surface area contributed by atoms with Gasteiger partial charge in [-0.1, -0.05) is 23.2 Å². The lowest BCUT2D eigenvalue weighted by Crippen LogP contribution is -2.19. The van der Waals surface area contributed by atoms with Gasteiger partial charge in [0, 0.05) is 11.5 Å². The fourth-order valence-electron chi connectivity index (χ4n) is 2.94. The van der Waals surface area contributed by atoms with Crippen LogP contribution < -0.4 is 16.1 Å². The van der Waals surface area contributed by atoms with E-state index in [2.05, 4.69) is 0 Å². The Morgan fingerprint density at radius 1 is 1.06 bits per heavy atom. The van der Waals surface area contributed by atoms with Gasteiger partial charge in [-0.05, 0) is 30.7 Å². The second kappa shape index (κ2) is 8.59. The molecule has 0 fully saturated rings. The molecule has 15 heteroatoms. The summed E-state index contributed by atoms with van der Waals surface area (Å²) in [6.07, 6.45) is -0.664. The summed E-state index contributed by atoms with van der Waals surface area (Å²) in [6, 6.07) is 3.66. The van der Waals surface area contributed by atoms with Crippen molar-refractivity contribution in [1.82, 2.24) is 0 Å². The maximum atomic E-state index is 12.4. The second-order valence-electron chi connectivity index (χ2n) is 6.70. The van der Waals surface area contributed by atoms with Gasteiger partial charge in [-0.25, -0.2) is 4.79 Å². The SMILES string of the molecule is Cc1c(CC(=O)Oc2c(Cl)cc(S(=O)(=O)O)cc2Cl)c(=O)oc2cc(N)c(S(=O)(=O)O)cc12. The van der Waals surface area contributed by atoms with Crippen LogP contribution in [0.1, 0.15) is 11.1 Å². The Balaban J connectivity index is 2.01. The van der Waals surface area contributed by atoms with Gasteiger partial charge in [0.25, 0.3) is 20.2 Å². The minimum Gasteiger partial charge on any atom is -0.423 e. The number of fused-ring (bicyclic) bond motifs is 1. The maximum absolute atomic E-state index is 12.4. The van der Waals surface area contributed by atoms with Crippen LogP contribution >= 0.6 is 23.2 Å². The van der Waals surface area contributed by atoms with E-state index >= 15 is 0 Å². The number of nitrogen functional groups attached to an aromatic ring is 1. The zero-order chi connectivity index (χ0) is 24.9. The molecular weight excluding hydrogens is 525 g/mol. The lowest BCUT2D eigenvalue weighted by molar-refractivity contribution is -0.133. The summed E-state index contributed by atoms with van der Waals surface area (Å²) < 4.78 is 74.1. The van der Waals surface area contributed by atoms with E-state index in [9.17, 15) is 31.0 Å². The molecular formula is C18H13Cl2NO10S2. The lowest BCUT2D eigenvalue weighted by Gasteiger charge is -2.12. The summed E-state index contributed by atoms with van der Waals surface area (Å²) in [6.45, 7) is 1.41. The van der Waals surface area contributed by atoms with Crippen LogP contribution in [0.5, 0.6) is 5.75 Å². The highest BCUT2D eigenvalue weighted by molar-refractivity contribution is 7.86. The highest BCUT2D eigenvalue weighted by Crippen LogP contribution is 2.36. The number of anilines is 1. The molecule has 3 rings (SSSR count). The highest BCUT2D eigenvalue weighted by atomic mass is 35.5. The van der Waals surface area contributed by atoms with E-state index in [0.29, 0.717) is 0 Å². The molecule has 3 aromatic rings. The molecule has 0 spiro atoms. The highest BCUT2D eigenvalue weighted by Gasteiger charge is 2.23. The Hall–Kier alpha value is -2.68. The zero-order valence-electron chi connectivity index (χ0n) is 16.3. The number of nitrogens with two attached hydrogens (primary N) is 1. The number of esters is 1. The third-order valence-corrected chi connectivity index (χ3v) is 6.80. The zero-order valence-corrected chi connectivity index (χ0v) is 19.5. The average Bonchev–Trinajstić information content (AvgIpc) is 2.65. The van der Waals surface area contributed by atoms with Gasteiger partial charge in [-0.15, -0.1) is 0 Å². The molecule has 1 heterocycles. The van der Waals surface area contributed by atoms with Crippen LogP contribution in [0, 0.1) is 6.92 Å². The molecule has 0 amide bonds. The van der Waals surface area contributed by atoms with Crippen molar-refractivity contribution < 1.29 is 39.9 Å². The van der Waals surface area contributed by atoms with Crippen LogP contribution in [0.2, 0.25) is 10.0 Å². The number of carbonyl (C=O) groups excluding carboxylic acids is 1. The average molecular weight is 538 g/mol. The van der Waals surface area contributed by atoms with Crippen molar-refractivity contribution in [1.29, 1.82) is 0 Å². The Morgan fingerprint density at radius 3 is 2.15 bits per heavy atom. The molecule has 0 radical (unpaired) electrons. The smallest absolute Gasteiger partial charge is 0.340 e. The minimum atomic E-state index is -4.68. The van der Waals surface area contributed by atoms with E-state index in [1.54, 1.807) is 0 Å². The molecule has 4 N–H and O–H groups in total. The molecule has 176 valence electrons. The molecule has 0 aliphatic carbocycles. The van der Waals surface area contributed by atoms with Crippen LogP contribution in [0.3, 0.4) is 0 Å². The number of aryl methyl sites for hydroxylation is 1. The Labute approximate surface area is 196 Å². The molecule has 33 heavy (non-hydrogen) atoms. The van der Waals surface area contributed by atoms with Crippen molar-refractivity contribution >= 4 is 66.1 Å². The number of halogens is 2. The number of carbonyl (C=O) groups is 1. The van der Waals surface area contributed by atoms with E-state index in [1.165, 1.54) is 6.92 Å². The molecule has 2 aromatic carbocycles. The van der Waals surface area contributed by atoms with Crippen LogP contribution in [-0.2, 0) is 31.5 Å². The number of hydrogen-bond acceptors (Lipinski definition) is 9. The van der Waals surface area contributed by atoms with Crippen LogP contribution in [0.15, 0.2) is 43.3 Å². The molecule has 0 unspecified atom stereocenters. The number of hydrogen-bond donors (Lipinski definition) is 3. The minimum absolute atomic E-state index is 0.0774. The number of ether oxygens (including phenoxy) is 1. The van der Waals surface area contributed by atoms with Gasteiger partial charge in [0.2, 0.25) is 0 Å². The molecule has 1 aromatic heterocycles. The number of benzene rings is 2. The topological polar surface area (TPSA) is 191 Å². The summed E-state index contributed by atoms with van der Waals surface area (Å²) in [5, 5.41) is -0.717. The Morgan fingerprint density at radius 2 is 1.64 bits per heavy atom. The van der Waals surface area contributed by atoms with Gasteiger partial charge >= 0.3 is 11.6 Å². The van der Waals surface area contributed by atoms with Gasteiger partial charge in [-0.3, -0.25) is 13.9 Å². The lowest BCUT2D eigenvalue weighted by atomic mass is 10.0. The largest absolute Gasteiger partial charge is 0.423 e. The van der Waals surface area contributed by atoms with E-state index < -0.39 is 63.8 Å². The molecule has 0 aliphatic heterocycles. The first kappa shape index (κ1) is 25.0. The van der Waals surface area contributed by atoms with Crippen molar-refractivity contribution in [2.24, 2.45) is 0 Å². The van der Waals surface area contributed by atoms with Gasteiger partial charge in [-0.2, -0.15) is 16.8 Å². The molecule has 0 atom stereocenters. The van der Waals surface area contributed by atoms with Crippen molar-refractivity contribution in [2.75, 3.05) is 5.73 Å². The summed E-state index contributed by atoms with van der Waals surface area (Å²) >= 11 is 11.8. The van der Waals surface area contributed by atoms with Gasteiger partial charge < -0.3 is 14.9 Å². The molecule has 0 saturated carbocycles. The quantitative estimate of drug-likeness (QED) is 0.142. The molecule has 0 saturated heterocycles. The maximum Gasteiger partial charge on any atom is 0.340 e. The fraction of sp³-hybridized carbons (Fsp3) is 0.111. The normalized spacial score (nSPS) is 12.2. The summed E-state index contributed by atoms with van der Waals surface area (Å²) in [7, 11) is -9.30. The molecule has 11 nitrogen and oxygen atoms in total. The summed E-state index contributed by atoms with van der Waals surface area (Å²) in [4.78, 5) is 23.6.